The molecule has 0 bridgehead atoms. The molecular formula is C21H32N4O9S2. The minimum absolute atomic E-state index is 0.0133. The SMILES string of the molecule is C[C@@H](O)C1C(=O)N2C(C(=O)OCOC(=O)C(C)(C)C)=C(SC3CN(S(=O)(=O)NCC(N)=O)C3)[C@H](C)C12. The van der Waals surface area contributed by atoms with Crippen LogP contribution in [-0.2, 0) is 38.9 Å². The molecule has 4 atom stereocenters. The number of rotatable bonds is 10. The molecule has 13 nitrogen and oxygen atoms in total. The van der Waals surface area contributed by atoms with Crippen molar-refractivity contribution in [2.45, 2.75) is 52.0 Å². The molecule has 3 heterocycles. The number of primary amides is 1. The Bertz CT molecular complexity index is 1080. The van der Waals surface area contributed by atoms with E-state index in [9.17, 15) is 32.7 Å². The number of fused-ring (bicyclic) bond motifs is 1. The highest BCUT2D eigenvalue weighted by atomic mass is 32.2. The number of ether oxygens (including phenoxy) is 2. The highest BCUT2D eigenvalue weighted by Gasteiger charge is 2.60. The normalized spacial score (nSPS) is 25.7. The number of β-lactam (4-membered cyclic amide) rings is 1. The Kier molecular flexibility index (Phi) is 8.10. The van der Waals surface area contributed by atoms with Gasteiger partial charge in [-0.15, -0.1) is 11.8 Å². The van der Waals surface area contributed by atoms with Crippen LogP contribution in [0.15, 0.2) is 10.6 Å². The van der Waals surface area contributed by atoms with Crippen molar-refractivity contribution in [3.63, 3.8) is 0 Å². The fourth-order valence-corrected chi connectivity index (χ4v) is 7.16. The topological polar surface area (TPSA) is 186 Å². The van der Waals surface area contributed by atoms with E-state index in [1.165, 1.54) is 23.6 Å². The monoisotopic (exact) mass is 548 g/mol. The van der Waals surface area contributed by atoms with Crippen molar-refractivity contribution in [2.75, 3.05) is 26.4 Å². The molecule has 36 heavy (non-hydrogen) atoms. The molecule has 4 N–H and O–H groups in total. The molecular weight excluding hydrogens is 516 g/mol. The smallest absolute Gasteiger partial charge is 0.358 e. The molecule has 0 aromatic rings. The predicted molar refractivity (Wildman–Crippen MR) is 128 cm³/mol. The summed E-state index contributed by atoms with van der Waals surface area (Å²) < 4.78 is 37.9. The van der Waals surface area contributed by atoms with E-state index in [-0.39, 0.29) is 30.0 Å². The zero-order valence-electron chi connectivity index (χ0n) is 20.7. The van der Waals surface area contributed by atoms with Crippen molar-refractivity contribution in [1.29, 1.82) is 0 Å². The number of carbonyl (C=O) groups excluding carboxylic acids is 4. The molecule has 2 fully saturated rings. The quantitative estimate of drug-likeness (QED) is 0.172. The number of esters is 2. The molecule has 2 unspecified atom stereocenters. The number of nitrogens with zero attached hydrogens (tertiary/aromatic N) is 2. The number of thioether (sulfide) groups is 1. The third kappa shape index (κ3) is 5.54. The van der Waals surface area contributed by atoms with E-state index in [1.807, 2.05) is 6.92 Å². The van der Waals surface area contributed by atoms with Crippen LogP contribution in [0.5, 0.6) is 0 Å². The Balaban J connectivity index is 1.73. The first-order valence-corrected chi connectivity index (χ1v) is 13.7. The first-order valence-electron chi connectivity index (χ1n) is 11.4. The lowest BCUT2D eigenvalue weighted by molar-refractivity contribution is -0.175. The largest absolute Gasteiger partial charge is 0.427 e. The molecule has 3 aliphatic heterocycles. The lowest BCUT2D eigenvalue weighted by atomic mass is 9.79. The Morgan fingerprint density at radius 1 is 1.25 bits per heavy atom. The molecule has 2 saturated heterocycles. The molecule has 15 heteroatoms. The van der Waals surface area contributed by atoms with Crippen LogP contribution in [0.1, 0.15) is 34.6 Å². The number of carbonyl (C=O) groups is 4. The highest BCUT2D eigenvalue weighted by molar-refractivity contribution is 8.04. The summed E-state index contributed by atoms with van der Waals surface area (Å²) in [5.41, 5.74) is 4.21. The van der Waals surface area contributed by atoms with Gasteiger partial charge >= 0.3 is 11.9 Å². The first kappa shape index (κ1) is 28.4. The second kappa shape index (κ2) is 10.3. The van der Waals surface area contributed by atoms with Gasteiger partial charge in [0.2, 0.25) is 18.6 Å². The van der Waals surface area contributed by atoms with Crippen LogP contribution in [-0.4, -0.2) is 90.3 Å². The van der Waals surface area contributed by atoms with Crippen molar-refractivity contribution in [3.8, 4) is 0 Å². The molecule has 0 saturated carbocycles. The molecule has 3 rings (SSSR count). The van der Waals surface area contributed by atoms with E-state index >= 15 is 0 Å². The predicted octanol–water partition coefficient (Wildman–Crippen LogP) is -1.12. The zero-order valence-corrected chi connectivity index (χ0v) is 22.3. The number of hydrogen-bond acceptors (Lipinski definition) is 10. The number of amides is 2. The minimum Gasteiger partial charge on any atom is -0.427 e. The van der Waals surface area contributed by atoms with Crippen molar-refractivity contribution in [2.24, 2.45) is 23.0 Å². The van der Waals surface area contributed by atoms with Gasteiger partial charge in [-0.05, 0) is 27.7 Å². The summed E-state index contributed by atoms with van der Waals surface area (Å²) in [4.78, 5) is 50.5. The third-order valence-corrected chi connectivity index (χ3v) is 9.11. The van der Waals surface area contributed by atoms with Gasteiger partial charge in [0, 0.05) is 29.2 Å². The highest BCUT2D eigenvalue weighted by Crippen LogP contribution is 2.52. The van der Waals surface area contributed by atoms with Crippen LogP contribution in [0.3, 0.4) is 0 Å². The van der Waals surface area contributed by atoms with Crippen LogP contribution >= 0.6 is 11.8 Å². The Morgan fingerprint density at radius 3 is 2.39 bits per heavy atom. The number of nitrogens with two attached hydrogens (primary N) is 1. The van der Waals surface area contributed by atoms with Gasteiger partial charge in [0.25, 0.3) is 10.2 Å². The van der Waals surface area contributed by atoms with Gasteiger partial charge < -0.3 is 25.2 Å². The molecule has 202 valence electrons. The maximum absolute atomic E-state index is 13.0. The lowest BCUT2D eigenvalue weighted by Crippen LogP contribution is -2.63. The van der Waals surface area contributed by atoms with Crippen molar-refractivity contribution >= 4 is 45.7 Å². The summed E-state index contributed by atoms with van der Waals surface area (Å²) in [6.45, 7) is 7.36. The Hall–Kier alpha value is -2.20. The number of aliphatic hydroxyl groups is 1. The molecule has 3 aliphatic rings. The maximum atomic E-state index is 13.0. The maximum Gasteiger partial charge on any atom is 0.358 e. The van der Waals surface area contributed by atoms with Gasteiger partial charge in [0.05, 0.1) is 30.0 Å². The molecule has 2 amide bonds. The van der Waals surface area contributed by atoms with Crippen LogP contribution in [0.4, 0.5) is 0 Å². The van der Waals surface area contributed by atoms with Gasteiger partial charge in [-0.25, -0.2) is 4.79 Å². The average molecular weight is 549 g/mol. The van der Waals surface area contributed by atoms with Crippen molar-refractivity contribution in [3.05, 3.63) is 10.6 Å². The van der Waals surface area contributed by atoms with E-state index in [0.717, 1.165) is 4.31 Å². The summed E-state index contributed by atoms with van der Waals surface area (Å²) in [7, 11) is -3.88. The van der Waals surface area contributed by atoms with E-state index in [1.54, 1.807) is 20.8 Å². The second-order valence-electron chi connectivity index (χ2n) is 10.0. The summed E-state index contributed by atoms with van der Waals surface area (Å²) >= 11 is 1.26. The van der Waals surface area contributed by atoms with Gasteiger partial charge in [0.15, 0.2) is 0 Å². The van der Waals surface area contributed by atoms with E-state index in [0.29, 0.717) is 4.91 Å². The molecule has 0 spiro atoms. The van der Waals surface area contributed by atoms with Gasteiger partial charge in [-0.3, -0.25) is 14.4 Å². The van der Waals surface area contributed by atoms with E-state index in [2.05, 4.69) is 4.72 Å². The van der Waals surface area contributed by atoms with Crippen LogP contribution in [0, 0.1) is 17.3 Å². The third-order valence-electron chi connectivity index (χ3n) is 6.17. The van der Waals surface area contributed by atoms with Crippen molar-refractivity contribution in [1.82, 2.24) is 13.9 Å². The number of hydrogen-bond donors (Lipinski definition) is 3. The summed E-state index contributed by atoms with van der Waals surface area (Å²) in [6.07, 6.45) is -0.920. The summed E-state index contributed by atoms with van der Waals surface area (Å²) in [5, 5.41) is 9.86. The average Bonchev–Trinajstić information content (AvgIpc) is 2.95. The Morgan fingerprint density at radius 2 is 1.86 bits per heavy atom. The van der Waals surface area contributed by atoms with Gasteiger partial charge in [-0.1, -0.05) is 6.92 Å². The molecule has 0 radical (unpaired) electrons. The zero-order chi connectivity index (χ0) is 27.2. The standard InChI is InChI=1S/C21H32N4O9S2/c1-10-15-14(11(2)26)18(28)25(15)16(19(29)33-9-34-20(30)21(3,4)5)17(10)35-12-7-24(8-12)36(31,32)23-6-13(22)27/h10-12,14-15,23,26H,6-9H2,1-5H3,(H2,22,27)/t10-,11-,14?,15?/m1/s1. The second-order valence-corrected chi connectivity index (χ2v) is 13.1. The fourth-order valence-electron chi connectivity index (χ4n) is 4.20. The summed E-state index contributed by atoms with van der Waals surface area (Å²) in [5.74, 6) is -3.64. The molecule has 0 aromatic carbocycles. The lowest BCUT2D eigenvalue weighted by Gasteiger charge is -2.46. The van der Waals surface area contributed by atoms with Crippen molar-refractivity contribution < 1.29 is 42.2 Å². The fraction of sp³-hybridized carbons (Fsp3) is 0.714. The van der Waals surface area contributed by atoms with Crippen LogP contribution in [0.2, 0.25) is 0 Å². The van der Waals surface area contributed by atoms with Crippen LogP contribution in [0.25, 0.3) is 0 Å². The summed E-state index contributed by atoms with van der Waals surface area (Å²) in [6, 6.07) is -0.447. The van der Waals surface area contributed by atoms with Gasteiger partial charge in [0.1, 0.15) is 5.70 Å². The number of aliphatic hydroxyl groups excluding tert-OH is 1. The Labute approximate surface area is 213 Å². The van der Waals surface area contributed by atoms with Crippen LogP contribution < -0.4 is 10.5 Å². The minimum atomic E-state index is -3.88. The van der Waals surface area contributed by atoms with E-state index in [4.69, 9.17) is 15.2 Å². The molecule has 0 aromatic heterocycles. The first-order chi connectivity index (χ1) is 16.6. The van der Waals surface area contributed by atoms with E-state index < -0.39 is 70.8 Å². The number of nitrogens with one attached hydrogen (secondary N) is 1. The van der Waals surface area contributed by atoms with Gasteiger partial charge in [-0.2, -0.15) is 17.4 Å². The molecule has 0 aliphatic carbocycles.